The quantitative estimate of drug-likeness (QED) is 0.330. The van der Waals surface area contributed by atoms with Gasteiger partial charge in [-0.1, -0.05) is 6.92 Å². The maximum absolute atomic E-state index is 12.1. The molecule has 1 aliphatic rings. The van der Waals surface area contributed by atoms with Crippen LogP contribution in [-0.2, 0) is 9.84 Å². The summed E-state index contributed by atoms with van der Waals surface area (Å²) in [6.07, 6.45) is 0. The number of sulfone groups is 1. The Balaban J connectivity index is 3.02. The fourth-order valence-electron chi connectivity index (χ4n) is 1.75. The predicted molar refractivity (Wildman–Crippen MR) is 77.2 cm³/mol. The first-order chi connectivity index (χ1) is 8.42. The fourth-order valence-corrected chi connectivity index (χ4v) is 4.72. The Morgan fingerprint density at radius 2 is 2.28 bits per heavy atom. The summed E-state index contributed by atoms with van der Waals surface area (Å²) >= 11 is 1.65. The molecule has 6 nitrogen and oxygen atoms in total. The topological polar surface area (TPSA) is 87.8 Å². The Hall–Kier alpha value is -0.470. The average molecular weight is 294 g/mol. The monoisotopic (exact) mass is 294 g/mol. The molecule has 3 N–H and O–H groups in total. The van der Waals surface area contributed by atoms with E-state index in [1.807, 2.05) is 13.8 Å². The van der Waals surface area contributed by atoms with Gasteiger partial charge in [-0.3, -0.25) is 5.43 Å². The Labute approximate surface area is 113 Å². The highest BCUT2D eigenvalue weighted by molar-refractivity contribution is 8.01. The third kappa shape index (κ3) is 3.76. The molecule has 0 aromatic carbocycles. The molecule has 0 bridgehead atoms. The van der Waals surface area contributed by atoms with Crippen molar-refractivity contribution >= 4 is 27.6 Å². The van der Waals surface area contributed by atoms with Gasteiger partial charge in [0.15, 0.2) is 9.84 Å². The molecule has 1 fully saturated rings. The molecule has 8 heteroatoms. The van der Waals surface area contributed by atoms with Crippen molar-refractivity contribution in [1.82, 2.24) is 10.3 Å². The van der Waals surface area contributed by atoms with Gasteiger partial charge in [-0.2, -0.15) is 11.8 Å². The zero-order valence-corrected chi connectivity index (χ0v) is 12.7. The highest BCUT2D eigenvalue weighted by Gasteiger charge is 2.34. The molecule has 106 valence electrons. The SMILES string of the molecule is CCS(=O)(=O)C1CSCCN1C(=NC(C)C)NN. The lowest BCUT2D eigenvalue weighted by molar-refractivity contribution is 0.393. The number of nitrogens with one attached hydrogen (secondary N) is 1. The number of nitrogens with two attached hydrogens (primary N) is 1. The fraction of sp³-hybridized carbons (Fsp3) is 0.900. The summed E-state index contributed by atoms with van der Waals surface area (Å²) < 4.78 is 24.2. The molecule has 0 aliphatic carbocycles. The minimum absolute atomic E-state index is 0.0654. The minimum atomic E-state index is -3.13. The van der Waals surface area contributed by atoms with Crippen LogP contribution in [0.1, 0.15) is 20.8 Å². The summed E-state index contributed by atoms with van der Waals surface area (Å²) in [7, 11) is -3.13. The van der Waals surface area contributed by atoms with E-state index in [-0.39, 0.29) is 11.8 Å². The third-order valence-electron chi connectivity index (χ3n) is 2.68. The van der Waals surface area contributed by atoms with Crippen molar-refractivity contribution in [3.63, 3.8) is 0 Å². The highest BCUT2D eigenvalue weighted by atomic mass is 32.2. The molecule has 0 spiro atoms. The van der Waals surface area contributed by atoms with E-state index in [0.29, 0.717) is 18.3 Å². The maximum Gasteiger partial charge on any atom is 0.209 e. The maximum atomic E-state index is 12.1. The van der Waals surface area contributed by atoms with Gasteiger partial charge in [0.1, 0.15) is 5.37 Å². The predicted octanol–water partition coefficient (Wildman–Crippen LogP) is 0.0237. The summed E-state index contributed by atoms with van der Waals surface area (Å²) in [5.74, 6) is 7.52. The summed E-state index contributed by atoms with van der Waals surface area (Å²) in [6.45, 7) is 6.17. The van der Waals surface area contributed by atoms with Crippen LogP contribution in [0.15, 0.2) is 4.99 Å². The molecule has 1 rings (SSSR count). The van der Waals surface area contributed by atoms with Gasteiger partial charge in [0.05, 0.1) is 0 Å². The normalized spacial score (nSPS) is 22.4. The van der Waals surface area contributed by atoms with Gasteiger partial charge < -0.3 is 4.90 Å². The van der Waals surface area contributed by atoms with Crippen molar-refractivity contribution in [2.24, 2.45) is 10.8 Å². The second-order valence-corrected chi connectivity index (χ2v) is 7.96. The van der Waals surface area contributed by atoms with Gasteiger partial charge in [0, 0.05) is 29.8 Å². The van der Waals surface area contributed by atoms with Crippen molar-refractivity contribution in [3.05, 3.63) is 0 Å². The van der Waals surface area contributed by atoms with Crippen LogP contribution in [0, 0.1) is 0 Å². The summed E-state index contributed by atoms with van der Waals surface area (Å²) in [5.41, 5.74) is 2.53. The first kappa shape index (κ1) is 15.6. The molecule has 0 saturated carbocycles. The first-order valence-electron chi connectivity index (χ1n) is 6.02. The van der Waals surface area contributed by atoms with Gasteiger partial charge in [-0.25, -0.2) is 19.3 Å². The molecule has 0 amide bonds. The van der Waals surface area contributed by atoms with Crippen LogP contribution in [0.5, 0.6) is 0 Å². The number of aliphatic imine (C=N–C) groups is 1. The Kier molecular flexibility index (Phi) is 5.74. The van der Waals surface area contributed by atoms with Crippen molar-refractivity contribution < 1.29 is 8.42 Å². The van der Waals surface area contributed by atoms with E-state index >= 15 is 0 Å². The van der Waals surface area contributed by atoms with E-state index in [2.05, 4.69) is 10.4 Å². The van der Waals surface area contributed by atoms with Crippen LogP contribution in [0.2, 0.25) is 0 Å². The van der Waals surface area contributed by atoms with Crippen LogP contribution in [0.3, 0.4) is 0 Å². The zero-order chi connectivity index (χ0) is 13.8. The van der Waals surface area contributed by atoms with Gasteiger partial charge in [0.2, 0.25) is 5.96 Å². The number of guanidine groups is 1. The Morgan fingerprint density at radius 1 is 1.61 bits per heavy atom. The molecule has 0 radical (unpaired) electrons. The van der Waals surface area contributed by atoms with Crippen molar-refractivity contribution in [1.29, 1.82) is 0 Å². The molecule has 18 heavy (non-hydrogen) atoms. The molecule has 0 aromatic heterocycles. The average Bonchev–Trinajstić information content (AvgIpc) is 2.35. The van der Waals surface area contributed by atoms with E-state index < -0.39 is 15.2 Å². The van der Waals surface area contributed by atoms with Gasteiger partial charge in [0.25, 0.3) is 0 Å². The largest absolute Gasteiger partial charge is 0.323 e. The molecular weight excluding hydrogens is 272 g/mol. The van der Waals surface area contributed by atoms with Crippen LogP contribution in [-0.4, -0.2) is 54.5 Å². The zero-order valence-electron chi connectivity index (χ0n) is 11.1. The van der Waals surface area contributed by atoms with E-state index in [4.69, 9.17) is 5.84 Å². The molecular formula is C10H22N4O2S2. The first-order valence-corrected chi connectivity index (χ1v) is 8.89. The van der Waals surface area contributed by atoms with E-state index in [1.165, 1.54) is 0 Å². The Morgan fingerprint density at radius 3 is 2.78 bits per heavy atom. The second kappa shape index (κ2) is 6.63. The van der Waals surface area contributed by atoms with E-state index in [9.17, 15) is 8.42 Å². The summed E-state index contributed by atoms with van der Waals surface area (Å²) in [6, 6.07) is 0.0654. The van der Waals surface area contributed by atoms with E-state index in [0.717, 1.165) is 5.75 Å². The van der Waals surface area contributed by atoms with Crippen LogP contribution < -0.4 is 11.3 Å². The van der Waals surface area contributed by atoms with Crippen molar-refractivity contribution in [2.45, 2.75) is 32.2 Å². The number of rotatable bonds is 3. The lowest BCUT2D eigenvalue weighted by Crippen LogP contribution is -2.56. The van der Waals surface area contributed by atoms with Gasteiger partial charge in [-0.15, -0.1) is 0 Å². The lowest BCUT2D eigenvalue weighted by atomic mass is 10.4. The highest BCUT2D eigenvalue weighted by Crippen LogP contribution is 2.21. The van der Waals surface area contributed by atoms with Gasteiger partial charge in [-0.05, 0) is 13.8 Å². The van der Waals surface area contributed by atoms with Crippen LogP contribution in [0.25, 0.3) is 0 Å². The van der Waals surface area contributed by atoms with Crippen LogP contribution >= 0.6 is 11.8 Å². The van der Waals surface area contributed by atoms with Crippen molar-refractivity contribution in [3.8, 4) is 0 Å². The smallest absolute Gasteiger partial charge is 0.209 e. The number of nitrogens with zero attached hydrogens (tertiary/aromatic N) is 2. The molecule has 0 aromatic rings. The van der Waals surface area contributed by atoms with Crippen molar-refractivity contribution in [2.75, 3.05) is 23.8 Å². The van der Waals surface area contributed by atoms with Gasteiger partial charge >= 0.3 is 0 Å². The van der Waals surface area contributed by atoms with E-state index in [1.54, 1.807) is 23.6 Å². The molecule has 1 aliphatic heterocycles. The standard InChI is InChI=1S/C10H22N4O2S2/c1-4-18(15,16)9-7-17-6-5-14(9)10(13-11)12-8(2)3/h8-9H,4-7,11H2,1-3H3,(H,12,13). The molecule has 1 heterocycles. The number of hydrazine groups is 1. The number of hydrogen-bond donors (Lipinski definition) is 2. The molecule has 1 saturated heterocycles. The summed E-state index contributed by atoms with van der Waals surface area (Å²) in [5, 5.41) is -0.533. The molecule has 1 unspecified atom stereocenters. The second-order valence-electron chi connectivity index (χ2n) is 4.37. The number of hydrogen-bond acceptors (Lipinski definition) is 5. The molecule has 1 atom stereocenters. The van der Waals surface area contributed by atoms with Crippen LogP contribution in [0.4, 0.5) is 0 Å². The summed E-state index contributed by atoms with van der Waals surface area (Å²) in [4.78, 5) is 6.12. The Bertz CT molecular complexity index is 395. The lowest BCUT2D eigenvalue weighted by Gasteiger charge is -2.36. The third-order valence-corrected chi connectivity index (χ3v) is 5.97. The number of thioether (sulfide) groups is 1. The minimum Gasteiger partial charge on any atom is -0.323 e.